The van der Waals surface area contributed by atoms with Gasteiger partial charge in [-0.25, -0.2) is 4.79 Å². The average Bonchev–Trinajstić information content (AvgIpc) is 3.12. The zero-order chi connectivity index (χ0) is 23.0. The van der Waals surface area contributed by atoms with Crippen molar-refractivity contribution in [1.82, 2.24) is 15.6 Å². The van der Waals surface area contributed by atoms with Crippen molar-refractivity contribution in [1.29, 1.82) is 0 Å². The van der Waals surface area contributed by atoms with Crippen molar-refractivity contribution in [3.8, 4) is 0 Å². The minimum Gasteiger partial charge on any atom is -0.480 e. The largest absolute Gasteiger partial charge is 0.480 e. The first kappa shape index (κ1) is 24.2. The molecule has 0 aliphatic heterocycles. The number of H-pyrrole nitrogens is 1. The highest BCUT2D eigenvalue weighted by atomic mass is 32.2. The van der Waals surface area contributed by atoms with Crippen LogP contribution in [0.2, 0.25) is 0 Å². The van der Waals surface area contributed by atoms with Gasteiger partial charge >= 0.3 is 5.97 Å². The van der Waals surface area contributed by atoms with E-state index in [0.29, 0.717) is 5.75 Å². The molecule has 10 nitrogen and oxygen atoms in total. The molecule has 0 aliphatic carbocycles. The number of hydrogen-bond donors (Lipinski definition) is 6. The number of nitrogens with one attached hydrogen (secondary N) is 3. The van der Waals surface area contributed by atoms with Crippen LogP contribution in [0.3, 0.4) is 0 Å². The molecular weight excluding hydrogens is 422 g/mol. The molecule has 3 unspecified atom stereocenters. The van der Waals surface area contributed by atoms with E-state index < -0.39 is 41.8 Å². The molecular formula is C20H27N5O5S. The molecule has 2 rings (SSSR count). The highest BCUT2D eigenvalue weighted by Gasteiger charge is 2.28. The minimum absolute atomic E-state index is 0.0650. The molecule has 0 aliphatic rings. The molecule has 1 aromatic carbocycles. The minimum atomic E-state index is -1.20. The second kappa shape index (κ2) is 11.4. The molecule has 0 saturated heterocycles. The first-order valence-electron chi connectivity index (χ1n) is 9.64. The van der Waals surface area contributed by atoms with Gasteiger partial charge in [0.25, 0.3) is 0 Å². The van der Waals surface area contributed by atoms with E-state index in [1.54, 1.807) is 6.20 Å². The van der Waals surface area contributed by atoms with Crippen LogP contribution in [0.25, 0.3) is 10.9 Å². The highest BCUT2D eigenvalue weighted by molar-refractivity contribution is 7.98. The lowest BCUT2D eigenvalue weighted by molar-refractivity contribution is -0.142. The first-order valence-corrected chi connectivity index (χ1v) is 11.0. The summed E-state index contributed by atoms with van der Waals surface area (Å²) in [6.07, 6.45) is 3.52. The van der Waals surface area contributed by atoms with E-state index in [2.05, 4.69) is 15.6 Å². The third kappa shape index (κ3) is 7.00. The number of carboxylic acid groups (broad SMARTS) is 1. The van der Waals surface area contributed by atoms with Gasteiger partial charge < -0.3 is 32.2 Å². The van der Waals surface area contributed by atoms with Gasteiger partial charge in [-0.1, -0.05) is 18.2 Å². The van der Waals surface area contributed by atoms with Crippen LogP contribution in [-0.2, 0) is 25.6 Å². The molecule has 0 saturated carbocycles. The number of aromatic amines is 1. The molecule has 0 fully saturated rings. The van der Waals surface area contributed by atoms with Crippen LogP contribution in [-0.4, -0.2) is 63.9 Å². The molecule has 0 radical (unpaired) electrons. The van der Waals surface area contributed by atoms with E-state index in [1.807, 2.05) is 30.5 Å². The number of primary amides is 1. The van der Waals surface area contributed by atoms with Gasteiger partial charge in [0, 0.05) is 23.5 Å². The maximum absolute atomic E-state index is 12.8. The Bertz CT molecular complexity index is 947. The van der Waals surface area contributed by atoms with Crippen molar-refractivity contribution >= 4 is 46.4 Å². The number of benzene rings is 1. The van der Waals surface area contributed by atoms with Crippen molar-refractivity contribution in [2.24, 2.45) is 11.5 Å². The highest BCUT2D eigenvalue weighted by Crippen LogP contribution is 2.19. The Morgan fingerprint density at radius 2 is 1.81 bits per heavy atom. The van der Waals surface area contributed by atoms with E-state index in [0.717, 1.165) is 16.5 Å². The SMILES string of the molecule is CSCCC(NC(=O)C(N)CC(N)=O)C(=O)NC(Cc1c[nH]c2ccccc12)C(=O)O. The van der Waals surface area contributed by atoms with Crippen LogP contribution in [0.15, 0.2) is 30.5 Å². The zero-order valence-electron chi connectivity index (χ0n) is 17.1. The Labute approximate surface area is 183 Å². The number of thioether (sulfide) groups is 1. The standard InChI is InChI=1S/C20H27N5O5S/c1-31-7-6-15(24-18(27)13(21)9-17(22)26)19(28)25-16(20(29)30)8-11-10-23-14-5-3-2-4-12(11)14/h2-5,10,13,15-16,23H,6-9,21H2,1H3,(H2,22,26)(H,24,27)(H,25,28)(H,29,30). The molecule has 3 atom stereocenters. The lowest BCUT2D eigenvalue weighted by Gasteiger charge is -2.22. The number of aromatic nitrogens is 1. The first-order chi connectivity index (χ1) is 14.7. The molecule has 31 heavy (non-hydrogen) atoms. The Hall–Kier alpha value is -3.05. The summed E-state index contributed by atoms with van der Waals surface area (Å²) in [6.45, 7) is 0. The summed E-state index contributed by atoms with van der Waals surface area (Å²) in [6, 6.07) is 4.06. The van der Waals surface area contributed by atoms with Crippen LogP contribution in [0, 0.1) is 0 Å². The molecule has 2 aromatic rings. The Morgan fingerprint density at radius 1 is 1.13 bits per heavy atom. The van der Waals surface area contributed by atoms with E-state index >= 15 is 0 Å². The summed E-state index contributed by atoms with van der Waals surface area (Å²) < 4.78 is 0. The second-order valence-corrected chi connectivity index (χ2v) is 8.07. The molecule has 1 aromatic heterocycles. The van der Waals surface area contributed by atoms with Crippen LogP contribution in [0.5, 0.6) is 0 Å². The summed E-state index contributed by atoms with van der Waals surface area (Å²) >= 11 is 1.47. The number of carbonyl (C=O) groups is 4. The molecule has 0 bridgehead atoms. The van der Waals surface area contributed by atoms with Gasteiger partial charge in [-0.3, -0.25) is 14.4 Å². The summed E-state index contributed by atoms with van der Waals surface area (Å²) in [7, 11) is 0. The number of nitrogens with two attached hydrogens (primary N) is 2. The predicted octanol–water partition coefficient (Wildman–Crippen LogP) is -0.280. The zero-order valence-corrected chi connectivity index (χ0v) is 17.9. The predicted molar refractivity (Wildman–Crippen MR) is 118 cm³/mol. The van der Waals surface area contributed by atoms with Gasteiger partial charge in [-0.05, 0) is 30.1 Å². The number of fused-ring (bicyclic) bond motifs is 1. The number of amides is 3. The maximum Gasteiger partial charge on any atom is 0.326 e. The van der Waals surface area contributed by atoms with E-state index in [1.165, 1.54) is 11.8 Å². The van der Waals surface area contributed by atoms with Crippen molar-refractivity contribution in [2.45, 2.75) is 37.4 Å². The Balaban J connectivity index is 2.11. The van der Waals surface area contributed by atoms with E-state index in [9.17, 15) is 24.3 Å². The lowest BCUT2D eigenvalue weighted by Crippen LogP contribution is -2.55. The molecule has 11 heteroatoms. The third-order valence-corrected chi connectivity index (χ3v) is 5.36. The van der Waals surface area contributed by atoms with Crippen LogP contribution >= 0.6 is 11.8 Å². The average molecular weight is 450 g/mol. The summed E-state index contributed by atoms with van der Waals surface area (Å²) in [4.78, 5) is 50.9. The summed E-state index contributed by atoms with van der Waals surface area (Å²) in [5.41, 5.74) is 12.3. The van der Waals surface area contributed by atoms with Crippen LogP contribution < -0.4 is 22.1 Å². The molecule has 0 spiro atoms. The fourth-order valence-corrected chi connectivity index (χ4v) is 3.56. The van der Waals surface area contributed by atoms with Crippen molar-refractivity contribution in [2.75, 3.05) is 12.0 Å². The number of hydrogen-bond acceptors (Lipinski definition) is 6. The van der Waals surface area contributed by atoms with Crippen LogP contribution in [0.1, 0.15) is 18.4 Å². The lowest BCUT2D eigenvalue weighted by atomic mass is 10.0. The van der Waals surface area contributed by atoms with Crippen LogP contribution in [0.4, 0.5) is 0 Å². The van der Waals surface area contributed by atoms with Gasteiger partial charge in [0.15, 0.2) is 0 Å². The summed E-state index contributed by atoms with van der Waals surface area (Å²) in [5, 5.41) is 15.5. The van der Waals surface area contributed by atoms with Gasteiger partial charge in [-0.15, -0.1) is 0 Å². The number of aliphatic carboxylic acids is 1. The molecule has 168 valence electrons. The fourth-order valence-electron chi connectivity index (χ4n) is 3.09. The number of para-hydroxylation sites is 1. The van der Waals surface area contributed by atoms with Crippen molar-refractivity contribution < 1.29 is 24.3 Å². The normalized spacial score (nSPS) is 13.9. The Kier molecular flexibility index (Phi) is 8.88. The van der Waals surface area contributed by atoms with Gasteiger partial charge in [0.2, 0.25) is 17.7 Å². The smallest absolute Gasteiger partial charge is 0.326 e. The van der Waals surface area contributed by atoms with Gasteiger partial charge in [0.1, 0.15) is 12.1 Å². The Morgan fingerprint density at radius 3 is 2.45 bits per heavy atom. The quantitative estimate of drug-likeness (QED) is 0.258. The molecule has 8 N–H and O–H groups in total. The second-order valence-electron chi connectivity index (χ2n) is 7.08. The van der Waals surface area contributed by atoms with Crippen molar-refractivity contribution in [3.05, 3.63) is 36.0 Å². The third-order valence-electron chi connectivity index (χ3n) is 4.72. The topological polar surface area (TPSA) is 180 Å². The van der Waals surface area contributed by atoms with E-state index in [4.69, 9.17) is 11.5 Å². The number of rotatable bonds is 12. The molecule has 1 heterocycles. The number of carboxylic acids is 1. The number of carbonyl (C=O) groups excluding carboxylic acids is 3. The summed E-state index contributed by atoms with van der Waals surface area (Å²) in [5.74, 6) is -2.73. The van der Waals surface area contributed by atoms with Crippen molar-refractivity contribution in [3.63, 3.8) is 0 Å². The van der Waals surface area contributed by atoms with Gasteiger partial charge in [0.05, 0.1) is 12.5 Å². The fraction of sp³-hybridized carbons (Fsp3) is 0.400. The maximum atomic E-state index is 12.8. The monoisotopic (exact) mass is 449 g/mol. The van der Waals surface area contributed by atoms with E-state index in [-0.39, 0.29) is 19.3 Å². The molecule has 3 amide bonds. The van der Waals surface area contributed by atoms with Gasteiger partial charge in [-0.2, -0.15) is 11.8 Å².